The van der Waals surface area contributed by atoms with E-state index < -0.39 is 186 Å². The van der Waals surface area contributed by atoms with Crippen molar-refractivity contribution in [2.24, 2.45) is 35.0 Å². The molecule has 0 aromatic heterocycles. The number of carbonyl (C=O) groups is 11. The molecule has 14 atom stereocenters. The van der Waals surface area contributed by atoms with E-state index in [2.05, 4.69) is 16.0 Å². The van der Waals surface area contributed by atoms with Crippen LogP contribution in [0.25, 0.3) is 0 Å². The van der Waals surface area contributed by atoms with Crippen LogP contribution in [0.15, 0.2) is 12.2 Å². The van der Waals surface area contributed by atoms with Crippen molar-refractivity contribution in [3.8, 4) is 0 Å². The molecule has 2 bridgehead atoms. The highest BCUT2D eigenvalue weighted by molar-refractivity contribution is 6.00. The first-order valence-electron chi connectivity index (χ1n) is 38.1. The van der Waals surface area contributed by atoms with Crippen LogP contribution in [0, 0.1) is 35.0 Å². The number of aliphatic hydroxyl groups is 1. The summed E-state index contributed by atoms with van der Waals surface area (Å²) in [6.45, 7) is 11.6. The first-order valence-corrected chi connectivity index (χ1v) is 38.1. The van der Waals surface area contributed by atoms with Crippen LogP contribution < -0.4 is 16.0 Å². The fourth-order valence-electron chi connectivity index (χ4n) is 17.1. The Bertz CT molecular complexity index is 3030. The van der Waals surface area contributed by atoms with Crippen molar-refractivity contribution in [1.29, 1.82) is 0 Å². The van der Waals surface area contributed by atoms with Crippen LogP contribution in [-0.4, -0.2) is 303 Å². The van der Waals surface area contributed by atoms with Gasteiger partial charge >= 0.3 is 6.18 Å². The molecule has 0 radical (unpaired) electrons. The molecule has 6 aliphatic rings. The molecule has 596 valence electrons. The summed E-state index contributed by atoms with van der Waals surface area (Å²) in [5, 5.41) is 21.6. The van der Waals surface area contributed by atoms with E-state index in [0.717, 1.165) is 46.8 Å². The lowest BCUT2D eigenvalue weighted by Gasteiger charge is -2.54. The van der Waals surface area contributed by atoms with E-state index >= 15 is 24.0 Å². The van der Waals surface area contributed by atoms with E-state index in [1.54, 1.807) is 24.8 Å². The van der Waals surface area contributed by atoms with Crippen LogP contribution in [0.4, 0.5) is 13.2 Å². The van der Waals surface area contributed by atoms with Crippen molar-refractivity contribution < 1.29 is 85.2 Å². The Morgan fingerprint density at radius 1 is 0.724 bits per heavy atom. The minimum absolute atomic E-state index is 0.0168. The molecule has 6 rings (SSSR count). The summed E-state index contributed by atoms with van der Waals surface area (Å²) < 4.78 is 60.0. The molecular formula is C75H125F3N12O15. The van der Waals surface area contributed by atoms with Gasteiger partial charge < -0.3 is 74.5 Å². The maximum absolute atomic E-state index is 15.8. The zero-order valence-corrected chi connectivity index (χ0v) is 65.6. The van der Waals surface area contributed by atoms with E-state index in [9.17, 15) is 47.0 Å². The second-order valence-corrected chi connectivity index (χ2v) is 31.8. The number of methoxy groups -OCH3 is 2. The topological polar surface area (TPSA) is 301 Å². The number of hydrogen-bond donors (Lipinski definition) is 4. The van der Waals surface area contributed by atoms with Gasteiger partial charge in [-0.1, -0.05) is 105 Å². The molecule has 27 nitrogen and oxygen atoms in total. The molecule has 5 fully saturated rings. The van der Waals surface area contributed by atoms with Gasteiger partial charge in [-0.25, -0.2) is 0 Å². The highest BCUT2D eigenvalue weighted by Gasteiger charge is 2.59. The van der Waals surface area contributed by atoms with Crippen molar-refractivity contribution in [2.75, 3.05) is 110 Å². The van der Waals surface area contributed by atoms with Gasteiger partial charge in [0.2, 0.25) is 65.0 Å². The predicted molar refractivity (Wildman–Crippen MR) is 386 cm³/mol. The van der Waals surface area contributed by atoms with Crippen LogP contribution in [-0.2, 0) is 67.0 Å². The number of aliphatic hydroxyl groups excluding tert-OH is 1. The average molecular weight is 1490 g/mol. The van der Waals surface area contributed by atoms with Crippen LogP contribution in [0.1, 0.15) is 177 Å². The lowest BCUT2D eigenvalue weighted by atomic mass is 9.58. The van der Waals surface area contributed by atoms with E-state index in [1.807, 2.05) is 40.7 Å². The molecule has 30 heteroatoms. The number of carbonyl (C=O) groups excluding carboxylic acids is 11. The van der Waals surface area contributed by atoms with Gasteiger partial charge in [0, 0.05) is 89.7 Å². The summed E-state index contributed by atoms with van der Waals surface area (Å²) in [5.41, 5.74) is -2.21. The summed E-state index contributed by atoms with van der Waals surface area (Å²) in [5.74, 6) is -10.6. The maximum Gasteiger partial charge on any atom is 0.394 e. The number of nitrogens with zero attached hydrogens (tertiary/aromatic N) is 9. The van der Waals surface area contributed by atoms with Crippen molar-refractivity contribution >= 4 is 65.0 Å². The van der Waals surface area contributed by atoms with Gasteiger partial charge in [0.25, 0.3) is 0 Å². The molecule has 11 amide bonds. The third-order valence-corrected chi connectivity index (χ3v) is 23.5. The number of hydrogen-bond acceptors (Lipinski definition) is 16. The molecule has 0 aromatic rings. The molecule has 3 saturated carbocycles. The summed E-state index contributed by atoms with van der Waals surface area (Å²) in [7, 11) is 14.0. The van der Waals surface area contributed by atoms with Crippen LogP contribution in [0.5, 0.6) is 0 Å². The number of rotatable bonds is 16. The Balaban J connectivity index is 1.49. The molecule has 1 spiro atoms. The highest BCUT2D eigenvalue weighted by Crippen LogP contribution is 2.50. The van der Waals surface area contributed by atoms with Crippen LogP contribution >= 0.6 is 0 Å². The molecule has 3 aliphatic heterocycles. The zero-order valence-electron chi connectivity index (χ0n) is 65.6. The normalized spacial score (nSPS) is 30.9. The maximum atomic E-state index is 15.8. The quantitative estimate of drug-likeness (QED) is 0.154. The zero-order chi connectivity index (χ0) is 78.3. The molecule has 3 heterocycles. The fourth-order valence-corrected chi connectivity index (χ4v) is 17.1. The standard InChI is InChI=1S/C75H125F3N12O15/c1-18-46(5)62-70(100)84(11)42-61(93)85(12)53-30-26-23-27-35-89(69(53)99)56(36-47-28-24-22-25-29-47)68(98)83(10)41-59(91)79-52(34-32-48-31-33-51(75(76,77)78)58(37-48)104-17)66(96)90-40-50(105-21-4)38-54(90)65(95)81-74(44-73(6,7)45-74)72(102)88(15)63(49(19-2)20-3)71(101)87(14)55(67(97)82(8)9)39-60(92)86(13)57(43-103-16)64(94)80-62/h23,26,46-58,62-63,68,98H,18-22,24-25,27-45H2,1-17H3,(H,79,91)(H,80,94)(H,81,95)/b26-23-/t46-,48?,50+,51?,52-,53-,54-,55-,56-,57-,58?,62-,63-,68?/m0/s1. The molecule has 2 saturated heterocycles. The largest absolute Gasteiger partial charge is 0.394 e. The Morgan fingerprint density at radius 3 is 1.96 bits per heavy atom. The van der Waals surface area contributed by atoms with E-state index in [4.69, 9.17) is 14.2 Å². The minimum Gasteiger partial charge on any atom is -0.382 e. The second-order valence-electron chi connectivity index (χ2n) is 31.8. The average Bonchev–Trinajstić information content (AvgIpc) is 1.21. The summed E-state index contributed by atoms with van der Waals surface area (Å²) >= 11 is 0. The van der Waals surface area contributed by atoms with E-state index in [-0.39, 0.29) is 95.9 Å². The number of amides is 11. The van der Waals surface area contributed by atoms with Gasteiger partial charge in [-0.15, -0.1) is 0 Å². The molecular weight excluding hydrogens is 1370 g/mol. The van der Waals surface area contributed by atoms with Gasteiger partial charge in [0.05, 0.1) is 50.3 Å². The Kier molecular flexibility index (Phi) is 32.1. The number of halogens is 3. The smallest absolute Gasteiger partial charge is 0.382 e. The molecule has 4 N–H and O–H groups in total. The molecule has 0 aromatic carbocycles. The van der Waals surface area contributed by atoms with Gasteiger partial charge in [0.1, 0.15) is 54.1 Å². The van der Waals surface area contributed by atoms with Gasteiger partial charge in [-0.05, 0) is 107 Å². The highest BCUT2D eigenvalue weighted by atomic mass is 19.4. The van der Waals surface area contributed by atoms with Gasteiger partial charge in [0.15, 0.2) is 0 Å². The first-order chi connectivity index (χ1) is 49.4. The lowest BCUT2D eigenvalue weighted by molar-refractivity contribution is -0.215. The van der Waals surface area contributed by atoms with E-state index in [1.165, 1.54) is 95.1 Å². The Hall–Kier alpha value is -6.50. The second kappa shape index (κ2) is 38.5. The van der Waals surface area contributed by atoms with Crippen molar-refractivity contribution in [2.45, 2.75) is 255 Å². The number of likely N-dealkylation sites (N-methyl/N-ethyl adjacent to an activating group) is 7. The molecule has 4 unspecified atom stereocenters. The van der Waals surface area contributed by atoms with Crippen molar-refractivity contribution in [3.05, 3.63) is 12.2 Å². The van der Waals surface area contributed by atoms with Gasteiger partial charge in [-0.2, -0.15) is 13.2 Å². The molecule has 3 aliphatic carbocycles. The minimum atomic E-state index is -4.52. The number of ether oxygens (including phenoxy) is 3. The summed E-state index contributed by atoms with van der Waals surface area (Å²) in [4.78, 5) is 178. The van der Waals surface area contributed by atoms with Gasteiger partial charge in [-0.3, -0.25) is 57.6 Å². The van der Waals surface area contributed by atoms with Crippen molar-refractivity contribution in [1.82, 2.24) is 60.0 Å². The van der Waals surface area contributed by atoms with Crippen molar-refractivity contribution in [3.63, 3.8) is 0 Å². The Labute approximate surface area is 620 Å². The van der Waals surface area contributed by atoms with Crippen LogP contribution in [0.3, 0.4) is 0 Å². The monoisotopic (exact) mass is 1490 g/mol. The number of alkyl halides is 3. The first kappa shape index (κ1) is 87.4. The predicted octanol–water partition coefficient (Wildman–Crippen LogP) is 4.57. The Morgan fingerprint density at radius 2 is 1.38 bits per heavy atom. The van der Waals surface area contributed by atoms with E-state index in [0.29, 0.717) is 32.1 Å². The van der Waals surface area contributed by atoms with Crippen LogP contribution in [0.2, 0.25) is 0 Å². The third kappa shape index (κ3) is 21.7. The number of fused-ring (bicyclic) bond motifs is 3. The SMILES string of the molecule is CCO[C@@H]1C[C@H]2C(=O)NC3(CC(C)(C)C3)C(=O)N(C)[C@@H](C(CC)CC)C(=O)N(C)[C@H](C(=O)N(C)C)CC(=O)N(C)[C@@H](COC)C(=O)N[C@@H]([C@@H](C)CC)C(=O)N(C)CC(=O)N(C)[C@H]3C/C=C\CCN(C3=O)[C@@H](CC3CCCCC3)C(O)N(C)CC(=O)N[C@@H](CCC3CCC(C(F)(F)F)C(OC)C3)C(=O)N2C1. The summed E-state index contributed by atoms with van der Waals surface area (Å²) in [6.07, 6.45) is 1.62. The lowest BCUT2D eigenvalue weighted by Crippen LogP contribution is -2.71. The summed E-state index contributed by atoms with van der Waals surface area (Å²) in [6, 6.07) is -10.2. The number of nitrogens with one attached hydrogen (secondary N) is 3. The fraction of sp³-hybridized carbons (Fsp3) is 0.827. The third-order valence-electron chi connectivity index (χ3n) is 23.5. The molecule has 105 heavy (non-hydrogen) atoms.